The molecule has 14 nitrogen and oxygen atoms in total. The van der Waals surface area contributed by atoms with Gasteiger partial charge in [0.05, 0.1) is 11.4 Å². The van der Waals surface area contributed by atoms with Crippen LogP contribution in [0.1, 0.15) is 31.8 Å². The fourth-order valence-corrected chi connectivity index (χ4v) is 6.84. The number of hydrogen-bond donors (Lipinski definition) is 4. The van der Waals surface area contributed by atoms with Crippen molar-refractivity contribution in [1.29, 1.82) is 0 Å². The van der Waals surface area contributed by atoms with Crippen molar-refractivity contribution in [3.8, 4) is 34.0 Å². The summed E-state index contributed by atoms with van der Waals surface area (Å²) in [6.07, 6.45) is -10.2. The van der Waals surface area contributed by atoms with Crippen LogP contribution in [0.2, 0.25) is 0 Å². The number of carboxylic acid groups (broad SMARTS) is 2. The van der Waals surface area contributed by atoms with Crippen molar-refractivity contribution in [2.45, 2.75) is 25.6 Å². The minimum absolute atomic E-state index is 0.0565. The molecule has 0 atom stereocenters. The van der Waals surface area contributed by atoms with E-state index in [1.807, 2.05) is 108 Å². The highest BCUT2D eigenvalue weighted by Crippen LogP contribution is 2.32. The number of carboxylic acids is 2. The second-order valence-electron chi connectivity index (χ2n) is 13.3. The Morgan fingerprint density at radius 3 is 1.62 bits per heavy atom. The fraction of sp³-hybridized carbons (Fsp3) is 0.190. The number of aliphatic carboxylic acids is 2. The Morgan fingerprint density at radius 1 is 0.609 bits per heavy atom. The molecule has 0 saturated carbocycles. The Morgan fingerprint density at radius 2 is 1.11 bits per heavy atom. The van der Waals surface area contributed by atoms with Crippen LogP contribution in [0.25, 0.3) is 22.5 Å². The van der Waals surface area contributed by atoms with Crippen molar-refractivity contribution in [1.82, 2.24) is 19.8 Å². The van der Waals surface area contributed by atoms with Crippen LogP contribution in [0, 0.1) is 0 Å². The van der Waals surface area contributed by atoms with E-state index >= 15 is 0 Å². The van der Waals surface area contributed by atoms with E-state index in [1.165, 1.54) is 22.7 Å². The second kappa shape index (κ2) is 21.3. The Labute approximate surface area is 367 Å². The second-order valence-corrected chi connectivity index (χ2v) is 15.1. The SMILES string of the molecule is Nc1nc(-c2ccc(OCc3cccc(C(=O)N4CCN(C(=O)c5ccc(COc6ccccc6-c6csc(N)n6)cc5)CC4)c3)cc2)cs1.O=C(O)C(F)(F)F.O=C(O)C(F)(F)F. The monoisotopic (exact) mass is 930 g/mol. The van der Waals surface area contributed by atoms with Crippen LogP contribution < -0.4 is 20.9 Å². The highest BCUT2D eigenvalue weighted by Gasteiger charge is 2.39. The van der Waals surface area contributed by atoms with E-state index in [9.17, 15) is 35.9 Å². The number of hydrogen-bond acceptors (Lipinski definition) is 12. The van der Waals surface area contributed by atoms with Gasteiger partial charge in [0.1, 0.15) is 24.7 Å². The van der Waals surface area contributed by atoms with Gasteiger partial charge in [0.15, 0.2) is 10.3 Å². The number of piperazine rings is 1. The van der Waals surface area contributed by atoms with Crippen molar-refractivity contribution in [2.24, 2.45) is 0 Å². The van der Waals surface area contributed by atoms with Gasteiger partial charge in [-0.3, -0.25) is 9.59 Å². The molecule has 22 heteroatoms. The lowest BCUT2D eigenvalue weighted by Gasteiger charge is -2.35. The normalized spacial score (nSPS) is 12.5. The van der Waals surface area contributed by atoms with Crippen LogP contribution in [-0.2, 0) is 22.8 Å². The third kappa shape index (κ3) is 13.6. The maximum Gasteiger partial charge on any atom is 0.490 e. The molecule has 336 valence electrons. The van der Waals surface area contributed by atoms with Gasteiger partial charge >= 0.3 is 24.3 Å². The lowest BCUT2D eigenvalue weighted by molar-refractivity contribution is -0.193. The summed E-state index contributed by atoms with van der Waals surface area (Å²) >= 11 is 2.80. The van der Waals surface area contributed by atoms with Gasteiger partial charge in [-0.05, 0) is 71.8 Å². The Hall–Kier alpha value is -7.20. The maximum atomic E-state index is 13.4. The first-order valence-corrected chi connectivity index (χ1v) is 20.3. The molecule has 1 fully saturated rings. The van der Waals surface area contributed by atoms with Gasteiger partial charge in [0.25, 0.3) is 11.8 Å². The van der Waals surface area contributed by atoms with E-state index in [1.54, 1.807) is 9.80 Å². The largest absolute Gasteiger partial charge is 0.490 e. The molecule has 6 N–H and O–H groups in total. The number of alkyl halides is 6. The van der Waals surface area contributed by atoms with E-state index in [-0.39, 0.29) is 11.8 Å². The third-order valence-electron chi connectivity index (χ3n) is 8.87. The van der Waals surface area contributed by atoms with E-state index < -0.39 is 24.3 Å². The topological polar surface area (TPSA) is 211 Å². The summed E-state index contributed by atoms with van der Waals surface area (Å²) in [6.45, 7) is 2.50. The first-order valence-electron chi connectivity index (χ1n) is 18.5. The van der Waals surface area contributed by atoms with Crippen molar-refractivity contribution >= 4 is 56.7 Å². The van der Waals surface area contributed by atoms with Crippen molar-refractivity contribution in [2.75, 3.05) is 37.6 Å². The van der Waals surface area contributed by atoms with Crippen LogP contribution in [0.4, 0.5) is 36.6 Å². The Bertz CT molecular complexity index is 2520. The summed E-state index contributed by atoms with van der Waals surface area (Å²) in [5.41, 5.74) is 18.1. The fourth-order valence-electron chi connectivity index (χ4n) is 5.70. The molecular weight excluding hydrogens is 895 g/mol. The number of carbonyl (C=O) groups excluding carboxylic acids is 2. The number of para-hydroxylation sites is 1. The van der Waals surface area contributed by atoms with Crippen molar-refractivity contribution in [3.63, 3.8) is 0 Å². The zero-order valence-corrected chi connectivity index (χ0v) is 34.6. The summed E-state index contributed by atoms with van der Waals surface area (Å²) in [5, 5.41) is 19.1. The summed E-state index contributed by atoms with van der Waals surface area (Å²) in [7, 11) is 0. The molecule has 2 aromatic heterocycles. The van der Waals surface area contributed by atoms with Gasteiger partial charge in [-0.1, -0.05) is 36.4 Å². The summed E-state index contributed by atoms with van der Waals surface area (Å²) in [6, 6.07) is 30.3. The number of amides is 2. The zero-order valence-electron chi connectivity index (χ0n) is 33.0. The molecule has 0 bridgehead atoms. The van der Waals surface area contributed by atoms with E-state index in [0.717, 1.165) is 39.4 Å². The van der Waals surface area contributed by atoms with Gasteiger partial charge < -0.3 is 41.0 Å². The number of aromatic nitrogens is 2. The molecule has 4 aromatic carbocycles. The highest BCUT2D eigenvalue weighted by atomic mass is 32.1. The standard InChI is InChI=1S/C38H34N6O4S2.2C2HF3O2/c39-37-41-32(23-49-37)27-12-14-30(15-13-27)47-22-26-4-3-5-29(20-26)36(46)44-18-16-43(17-19-44)35(45)28-10-8-25(9-11-28)21-48-34-7-2-1-6-31(34)33-24-50-38(40)42-33;2*3-2(4,5)1(6)7/h1-15,20,23-24H,16-19,21-22H2,(H2,39,41)(H2,40,42);2*(H,6,7). The number of nitrogens with two attached hydrogens (primary N) is 2. The first-order chi connectivity index (χ1) is 30.3. The number of thiazole rings is 2. The number of carbonyl (C=O) groups is 4. The molecule has 3 heterocycles. The van der Waals surface area contributed by atoms with Crippen molar-refractivity contribution in [3.05, 3.63) is 130 Å². The Kier molecular flexibility index (Phi) is 15.9. The smallest absolute Gasteiger partial charge is 0.489 e. The van der Waals surface area contributed by atoms with Crippen LogP contribution in [0.15, 0.2) is 108 Å². The molecule has 0 unspecified atom stereocenters. The maximum absolute atomic E-state index is 13.4. The molecule has 0 spiro atoms. The predicted octanol–water partition coefficient (Wildman–Crippen LogP) is 8.12. The number of nitrogens with zero attached hydrogens (tertiary/aromatic N) is 4. The summed E-state index contributed by atoms with van der Waals surface area (Å²) in [5.74, 6) is -4.20. The number of ether oxygens (including phenoxy) is 2. The molecule has 64 heavy (non-hydrogen) atoms. The predicted molar refractivity (Wildman–Crippen MR) is 225 cm³/mol. The van der Waals surface area contributed by atoms with Crippen LogP contribution >= 0.6 is 22.7 Å². The third-order valence-corrected chi connectivity index (χ3v) is 10.2. The number of halogens is 6. The van der Waals surface area contributed by atoms with Gasteiger partial charge in [0.2, 0.25) is 0 Å². The van der Waals surface area contributed by atoms with Gasteiger partial charge in [-0.25, -0.2) is 19.6 Å². The van der Waals surface area contributed by atoms with E-state index in [2.05, 4.69) is 9.97 Å². The quantitative estimate of drug-likeness (QED) is 0.0960. The number of benzene rings is 4. The molecule has 2 amide bonds. The van der Waals surface area contributed by atoms with Crippen LogP contribution in [0.5, 0.6) is 11.5 Å². The molecule has 7 rings (SSSR count). The lowest BCUT2D eigenvalue weighted by atomic mass is 10.1. The molecular formula is C42H36F6N6O8S2. The van der Waals surface area contributed by atoms with E-state index in [0.29, 0.717) is 66.5 Å². The van der Waals surface area contributed by atoms with Gasteiger partial charge in [-0.15, -0.1) is 22.7 Å². The average Bonchev–Trinajstić information content (AvgIpc) is 3.92. The average molecular weight is 931 g/mol. The minimum Gasteiger partial charge on any atom is -0.489 e. The molecule has 1 saturated heterocycles. The molecule has 1 aliphatic heterocycles. The van der Waals surface area contributed by atoms with Crippen LogP contribution in [0.3, 0.4) is 0 Å². The molecule has 0 aliphatic carbocycles. The zero-order chi connectivity index (χ0) is 46.6. The van der Waals surface area contributed by atoms with Crippen LogP contribution in [-0.4, -0.2) is 92.3 Å². The highest BCUT2D eigenvalue weighted by molar-refractivity contribution is 7.14. The number of nitrogen functional groups attached to an aromatic ring is 2. The Balaban J connectivity index is 0.000000477. The minimum atomic E-state index is -5.08. The summed E-state index contributed by atoms with van der Waals surface area (Å²) in [4.78, 5) is 56.8. The van der Waals surface area contributed by atoms with E-state index in [4.69, 9.17) is 40.7 Å². The lowest BCUT2D eigenvalue weighted by Crippen LogP contribution is -2.50. The van der Waals surface area contributed by atoms with Gasteiger partial charge in [0, 0.05) is 59.2 Å². The summed E-state index contributed by atoms with van der Waals surface area (Å²) < 4.78 is 75.6. The van der Waals surface area contributed by atoms with Gasteiger partial charge in [-0.2, -0.15) is 26.3 Å². The molecule has 0 radical (unpaired) electrons. The van der Waals surface area contributed by atoms with Crippen molar-refractivity contribution < 1.29 is 65.2 Å². The number of anilines is 2. The molecule has 1 aliphatic rings. The molecule has 6 aromatic rings. The number of rotatable bonds is 10. The first kappa shape index (κ1) is 47.8.